The standard InChI is InChI=1S/C22H38O.C11H16O/c1-19(2,3)14-21(7,8)16-12-11-13-17(18(16)23)22(9,10)15-20(4,5)6;1-4-9(3)10-7-8(2)5-6-11(10)12/h11-13,23H,14-15H2,1-10H3;5-7,9,12H,4H2,1-3H3. The highest BCUT2D eigenvalue weighted by atomic mass is 16.3. The van der Waals surface area contributed by atoms with Gasteiger partial charge in [0.15, 0.2) is 0 Å². The molecule has 2 aromatic rings. The van der Waals surface area contributed by atoms with Crippen molar-refractivity contribution in [3.05, 3.63) is 58.7 Å². The van der Waals surface area contributed by atoms with Crippen molar-refractivity contribution in [3.63, 3.8) is 0 Å². The number of hydrogen-bond donors (Lipinski definition) is 2. The van der Waals surface area contributed by atoms with Crippen LogP contribution < -0.4 is 0 Å². The number of aryl methyl sites for hydroxylation is 1. The van der Waals surface area contributed by atoms with E-state index in [1.54, 1.807) is 6.07 Å². The maximum absolute atomic E-state index is 11.1. The van der Waals surface area contributed by atoms with Gasteiger partial charge in [-0.2, -0.15) is 0 Å². The molecule has 1 atom stereocenters. The summed E-state index contributed by atoms with van der Waals surface area (Å²) in [5.41, 5.74) is 4.80. The summed E-state index contributed by atoms with van der Waals surface area (Å²) in [4.78, 5) is 0. The van der Waals surface area contributed by atoms with Crippen molar-refractivity contribution in [2.45, 2.75) is 126 Å². The normalized spacial score (nSPS) is 13.7. The van der Waals surface area contributed by atoms with Gasteiger partial charge in [-0.1, -0.05) is 119 Å². The predicted molar refractivity (Wildman–Crippen MR) is 154 cm³/mol. The van der Waals surface area contributed by atoms with Crippen LogP contribution in [0.15, 0.2) is 36.4 Å². The molecule has 0 heterocycles. The van der Waals surface area contributed by atoms with Crippen LogP contribution in [-0.4, -0.2) is 10.2 Å². The van der Waals surface area contributed by atoms with Crippen LogP contribution in [0.4, 0.5) is 0 Å². The van der Waals surface area contributed by atoms with Crippen LogP contribution >= 0.6 is 0 Å². The van der Waals surface area contributed by atoms with Gasteiger partial charge >= 0.3 is 0 Å². The second kappa shape index (κ2) is 11.4. The third-order valence-electron chi connectivity index (χ3n) is 6.77. The minimum atomic E-state index is -0.0455. The van der Waals surface area contributed by atoms with Crippen molar-refractivity contribution in [2.24, 2.45) is 10.8 Å². The van der Waals surface area contributed by atoms with Gasteiger partial charge < -0.3 is 10.2 Å². The van der Waals surface area contributed by atoms with E-state index in [4.69, 9.17) is 0 Å². The average molecular weight is 483 g/mol. The van der Waals surface area contributed by atoms with Crippen molar-refractivity contribution in [2.75, 3.05) is 0 Å². The summed E-state index contributed by atoms with van der Waals surface area (Å²) in [6.07, 6.45) is 3.14. The Hall–Kier alpha value is -1.96. The number of aromatic hydroxyl groups is 2. The first-order valence-corrected chi connectivity index (χ1v) is 13.3. The molecule has 0 spiro atoms. The number of phenolic OH excluding ortho intramolecular Hbond substituents is 2. The van der Waals surface area contributed by atoms with Crippen molar-refractivity contribution in [1.82, 2.24) is 0 Å². The summed E-state index contributed by atoms with van der Waals surface area (Å²) < 4.78 is 0. The minimum absolute atomic E-state index is 0.0455. The summed E-state index contributed by atoms with van der Waals surface area (Å²) in [6, 6.07) is 12.1. The van der Waals surface area contributed by atoms with Gasteiger partial charge in [0.05, 0.1) is 0 Å². The van der Waals surface area contributed by atoms with Gasteiger partial charge in [-0.3, -0.25) is 0 Å². The second-order valence-corrected chi connectivity index (χ2v) is 14.3. The highest BCUT2D eigenvalue weighted by molar-refractivity contribution is 5.47. The molecule has 2 heteroatoms. The van der Waals surface area contributed by atoms with Crippen molar-refractivity contribution >= 4 is 0 Å². The van der Waals surface area contributed by atoms with E-state index in [-0.39, 0.29) is 21.7 Å². The third-order valence-corrected chi connectivity index (χ3v) is 6.77. The molecule has 35 heavy (non-hydrogen) atoms. The summed E-state index contributed by atoms with van der Waals surface area (Å²) >= 11 is 0. The average Bonchev–Trinajstić information content (AvgIpc) is 2.66. The second-order valence-electron chi connectivity index (χ2n) is 14.3. The van der Waals surface area contributed by atoms with E-state index in [2.05, 4.69) is 107 Å². The topological polar surface area (TPSA) is 40.5 Å². The number of rotatable bonds is 6. The van der Waals surface area contributed by atoms with Crippen LogP contribution in [0.2, 0.25) is 0 Å². The summed E-state index contributed by atoms with van der Waals surface area (Å²) in [5, 5.41) is 20.6. The number of para-hydroxylation sites is 1. The zero-order valence-corrected chi connectivity index (χ0v) is 25.1. The first-order chi connectivity index (χ1) is 15.7. The molecule has 198 valence electrons. The molecule has 2 rings (SSSR count). The monoisotopic (exact) mass is 482 g/mol. The Morgan fingerprint density at radius 3 is 1.51 bits per heavy atom. The Labute approximate surface area is 217 Å². The minimum Gasteiger partial charge on any atom is -0.508 e. The van der Waals surface area contributed by atoms with Gasteiger partial charge in [0.2, 0.25) is 0 Å². The van der Waals surface area contributed by atoms with Gasteiger partial charge in [0.25, 0.3) is 0 Å². The van der Waals surface area contributed by atoms with Crippen LogP contribution in [0.1, 0.15) is 131 Å². The molecule has 0 aliphatic carbocycles. The lowest BCUT2D eigenvalue weighted by molar-refractivity contribution is 0.268. The van der Waals surface area contributed by atoms with Gasteiger partial charge in [-0.05, 0) is 76.5 Å². The Morgan fingerprint density at radius 1 is 0.714 bits per heavy atom. The van der Waals surface area contributed by atoms with Crippen LogP contribution in [-0.2, 0) is 10.8 Å². The molecule has 0 bridgehead atoms. The molecule has 2 nitrogen and oxygen atoms in total. The van der Waals surface area contributed by atoms with E-state index in [1.807, 2.05) is 13.0 Å². The Kier molecular flexibility index (Phi) is 10.1. The van der Waals surface area contributed by atoms with Gasteiger partial charge in [-0.25, -0.2) is 0 Å². The van der Waals surface area contributed by atoms with Gasteiger partial charge in [0.1, 0.15) is 11.5 Å². The number of phenols is 2. The van der Waals surface area contributed by atoms with Crippen LogP contribution in [0.25, 0.3) is 0 Å². The first kappa shape index (κ1) is 31.1. The third kappa shape index (κ3) is 9.54. The lowest BCUT2D eigenvalue weighted by atomic mass is 9.68. The van der Waals surface area contributed by atoms with E-state index in [9.17, 15) is 10.2 Å². The fourth-order valence-corrected chi connectivity index (χ4v) is 5.77. The summed E-state index contributed by atoms with van der Waals surface area (Å²) in [6.45, 7) is 28.9. The van der Waals surface area contributed by atoms with Crippen LogP contribution in [0.3, 0.4) is 0 Å². The largest absolute Gasteiger partial charge is 0.508 e. The number of benzene rings is 2. The zero-order chi connectivity index (χ0) is 27.4. The van der Waals surface area contributed by atoms with Crippen molar-refractivity contribution in [1.29, 1.82) is 0 Å². The molecule has 0 fully saturated rings. The quantitative estimate of drug-likeness (QED) is 0.430. The Bertz CT molecular complexity index is 906. The fraction of sp³-hybridized carbons (Fsp3) is 0.636. The molecule has 0 aliphatic heterocycles. The Morgan fingerprint density at radius 2 is 1.14 bits per heavy atom. The molecular formula is C33H54O2. The van der Waals surface area contributed by atoms with Crippen LogP contribution in [0, 0.1) is 17.8 Å². The maximum Gasteiger partial charge on any atom is 0.123 e. The SMILES string of the molecule is CC(C)(C)CC(C)(C)c1cccc(C(C)(C)CC(C)(C)C)c1O.CCC(C)c1cc(C)ccc1O. The van der Waals surface area contributed by atoms with E-state index >= 15 is 0 Å². The molecule has 0 aromatic heterocycles. The molecule has 2 aromatic carbocycles. The molecule has 2 N–H and O–H groups in total. The summed E-state index contributed by atoms with van der Waals surface area (Å²) in [7, 11) is 0. The van der Waals surface area contributed by atoms with Crippen molar-refractivity contribution < 1.29 is 10.2 Å². The molecule has 1 unspecified atom stereocenters. The Balaban J connectivity index is 0.000000427. The lowest BCUT2D eigenvalue weighted by Gasteiger charge is -2.37. The molecule has 0 saturated heterocycles. The van der Waals surface area contributed by atoms with Gasteiger partial charge in [0, 0.05) is 0 Å². The molecule has 0 aliphatic rings. The van der Waals surface area contributed by atoms with Crippen LogP contribution in [0.5, 0.6) is 11.5 Å². The van der Waals surface area contributed by atoms with E-state index < -0.39 is 0 Å². The van der Waals surface area contributed by atoms with E-state index in [1.165, 1.54) is 5.56 Å². The molecule has 0 radical (unpaired) electrons. The highest BCUT2D eigenvalue weighted by Gasteiger charge is 2.34. The predicted octanol–water partition coefficient (Wildman–Crippen LogP) is 10.0. The van der Waals surface area contributed by atoms with E-state index in [0.29, 0.717) is 17.4 Å². The molecular weight excluding hydrogens is 428 g/mol. The lowest BCUT2D eigenvalue weighted by Crippen LogP contribution is -2.28. The van der Waals surface area contributed by atoms with Gasteiger partial charge in [-0.15, -0.1) is 0 Å². The fourth-order valence-electron chi connectivity index (χ4n) is 5.77. The maximum atomic E-state index is 11.1. The zero-order valence-electron chi connectivity index (χ0n) is 25.1. The first-order valence-electron chi connectivity index (χ1n) is 13.3. The highest BCUT2D eigenvalue weighted by Crippen LogP contribution is 2.46. The molecule has 0 amide bonds. The van der Waals surface area contributed by atoms with Crippen molar-refractivity contribution in [3.8, 4) is 11.5 Å². The van der Waals surface area contributed by atoms with E-state index in [0.717, 1.165) is 36.0 Å². The molecule has 0 saturated carbocycles. The smallest absolute Gasteiger partial charge is 0.123 e. The summed E-state index contributed by atoms with van der Waals surface area (Å²) in [5.74, 6) is 1.37. The number of hydrogen-bond acceptors (Lipinski definition) is 2.